The van der Waals surface area contributed by atoms with Gasteiger partial charge in [0.1, 0.15) is 0 Å². The maximum absolute atomic E-state index is 13.8. The Bertz CT molecular complexity index is 1080. The first kappa shape index (κ1) is 21.8. The molecule has 0 aliphatic carbocycles. The van der Waals surface area contributed by atoms with Crippen LogP contribution in [0.2, 0.25) is 0 Å². The normalized spacial score (nSPS) is 22.0. The largest absolute Gasteiger partial charge is 0.326 e. The molecule has 7 heteroatoms. The van der Waals surface area contributed by atoms with Gasteiger partial charge < -0.3 is 5.32 Å². The molecule has 2 saturated heterocycles. The average molecular weight is 461 g/mol. The van der Waals surface area contributed by atoms with Gasteiger partial charge in [0.15, 0.2) is 5.54 Å². The Hall–Kier alpha value is -3.00. The maximum Gasteiger partial charge on any atom is 0.326 e. The fourth-order valence-electron chi connectivity index (χ4n) is 4.71. The van der Waals surface area contributed by atoms with Gasteiger partial charge in [-0.15, -0.1) is 11.3 Å². The number of rotatable bonds is 7. The molecule has 0 radical (unpaired) electrons. The number of piperazine rings is 1. The predicted octanol–water partition coefficient (Wildman–Crippen LogP) is 3.51. The van der Waals surface area contributed by atoms with Crippen molar-refractivity contribution in [1.82, 2.24) is 20.0 Å². The van der Waals surface area contributed by atoms with Gasteiger partial charge in [-0.25, -0.2) is 9.69 Å². The monoisotopic (exact) mass is 460 g/mol. The highest BCUT2D eigenvalue weighted by atomic mass is 32.1. The highest BCUT2D eigenvalue weighted by molar-refractivity contribution is 7.09. The van der Waals surface area contributed by atoms with Crippen LogP contribution < -0.4 is 5.32 Å². The number of hydrogen-bond acceptors (Lipinski definition) is 5. The Labute approximate surface area is 198 Å². The SMILES string of the molecule is O=C1N[C@](Cc2ccccc2)(c2ccccc2)C(=O)N1CN1CCN(Cc2cccs2)CC1. The lowest BCUT2D eigenvalue weighted by molar-refractivity contribution is -0.133. The van der Waals surface area contributed by atoms with E-state index in [0.717, 1.165) is 43.9 Å². The summed E-state index contributed by atoms with van der Waals surface area (Å²) in [6, 6.07) is 23.4. The van der Waals surface area contributed by atoms with E-state index in [1.54, 1.807) is 11.3 Å². The second-order valence-corrected chi connectivity index (χ2v) is 9.74. The molecular weight excluding hydrogens is 432 g/mol. The Kier molecular flexibility index (Phi) is 6.26. The number of amides is 3. The Morgan fingerprint density at radius 2 is 1.48 bits per heavy atom. The van der Waals surface area contributed by atoms with E-state index in [1.807, 2.05) is 60.7 Å². The van der Waals surface area contributed by atoms with Crippen LogP contribution in [-0.2, 0) is 23.3 Å². The van der Waals surface area contributed by atoms with Crippen LogP contribution in [-0.4, -0.2) is 59.5 Å². The number of nitrogens with one attached hydrogen (secondary N) is 1. The minimum absolute atomic E-state index is 0.177. The topological polar surface area (TPSA) is 55.9 Å². The molecule has 2 aliphatic heterocycles. The second kappa shape index (κ2) is 9.47. The van der Waals surface area contributed by atoms with E-state index in [4.69, 9.17) is 0 Å². The van der Waals surface area contributed by atoms with Gasteiger partial charge in [-0.1, -0.05) is 66.7 Å². The summed E-state index contributed by atoms with van der Waals surface area (Å²) in [6.07, 6.45) is 0.424. The number of thiophene rings is 1. The van der Waals surface area contributed by atoms with E-state index in [9.17, 15) is 9.59 Å². The van der Waals surface area contributed by atoms with Crippen LogP contribution in [0.5, 0.6) is 0 Å². The van der Waals surface area contributed by atoms with Gasteiger partial charge in [0.2, 0.25) is 0 Å². The average Bonchev–Trinajstić information content (AvgIpc) is 3.44. The number of urea groups is 1. The lowest BCUT2D eigenvalue weighted by Crippen LogP contribution is -2.51. The molecule has 0 saturated carbocycles. The van der Waals surface area contributed by atoms with Gasteiger partial charge >= 0.3 is 6.03 Å². The standard InChI is InChI=1S/C26H28N4O2S/c31-24-26(22-10-5-2-6-11-22,18-21-8-3-1-4-9-21)27-25(32)30(24)20-29-15-13-28(14-16-29)19-23-12-7-17-33-23/h1-12,17H,13-16,18-20H2,(H,27,32)/t26-/m1/s1. The van der Waals surface area contributed by atoms with E-state index < -0.39 is 5.54 Å². The number of nitrogens with zero attached hydrogens (tertiary/aromatic N) is 3. The van der Waals surface area contributed by atoms with Crippen molar-refractivity contribution in [3.63, 3.8) is 0 Å². The molecule has 3 amide bonds. The third kappa shape index (κ3) is 4.57. The molecule has 0 unspecified atom stereocenters. The van der Waals surface area contributed by atoms with Crippen LogP contribution >= 0.6 is 11.3 Å². The van der Waals surface area contributed by atoms with Gasteiger partial charge in [-0.3, -0.25) is 14.6 Å². The smallest absolute Gasteiger partial charge is 0.319 e. The van der Waals surface area contributed by atoms with Crippen molar-refractivity contribution in [1.29, 1.82) is 0 Å². The molecule has 5 rings (SSSR count). The molecule has 3 aromatic rings. The minimum Gasteiger partial charge on any atom is -0.319 e. The molecule has 2 aromatic carbocycles. The fourth-order valence-corrected chi connectivity index (χ4v) is 5.45. The number of hydrogen-bond donors (Lipinski definition) is 1. The molecule has 1 N–H and O–H groups in total. The zero-order valence-electron chi connectivity index (χ0n) is 18.5. The fraction of sp³-hybridized carbons (Fsp3) is 0.308. The number of carbonyl (C=O) groups excluding carboxylic acids is 2. The number of imide groups is 1. The predicted molar refractivity (Wildman–Crippen MR) is 130 cm³/mol. The lowest BCUT2D eigenvalue weighted by Gasteiger charge is -2.36. The molecule has 0 spiro atoms. The first-order valence-electron chi connectivity index (χ1n) is 11.3. The molecule has 3 heterocycles. The number of benzene rings is 2. The van der Waals surface area contributed by atoms with Crippen molar-refractivity contribution < 1.29 is 9.59 Å². The van der Waals surface area contributed by atoms with Crippen molar-refractivity contribution in [2.75, 3.05) is 32.8 Å². The van der Waals surface area contributed by atoms with Crippen LogP contribution in [0.1, 0.15) is 16.0 Å². The van der Waals surface area contributed by atoms with Crippen LogP contribution in [0.15, 0.2) is 78.2 Å². The van der Waals surface area contributed by atoms with E-state index in [1.165, 1.54) is 9.78 Å². The van der Waals surface area contributed by atoms with Crippen LogP contribution in [0, 0.1) is 0 Å². The highest BCUT2D eigenvalue weighted by Gasteiger charge is 2.52. The molecule has 1 atom stereocenters. The molecule has 0 bridgehead atoms. The number of carbonyl (C=O) groups is 2. The summed E-state index contributed by atoms with van der Waals surface area (Å²) in [6.45, 7) is 4.80. The molecule has 6 nitrogen and oxygen atoms in total. The van der Waals surface area contributed by atoms with Crippen molar-refractivity contribution in [3.05, 3.63) is 94.2 Å². The summed E-state index contributed by atoms with van der Waals surface area (Å²) in [5, 5.41) is 5.17. The van der Waals surface area contributed by atoms with Gasteiger partial charge in [0, 0.05) is 44.0 Å². The summed E-state index contributed by atoms with van der Waals surface area (Å²) >= 11 is 1.78. The van der Waals surface area contributed by atoms with Gasteiger partial charge in [0.25, 0.3) is 5.91 Å². The van der Waals surface area contributed by atoms with Crippen molar-refractivity contribution in [3.8, 4) is 0 Å². The van der Waals surface area contributed by atoms with Crippen molar-refractivity contribution >= 4 is 23.3 Å². The molecule has 2 aliphatic rings. The summed E-state index contributed by atoms with van der Waals surface area (Å²) in [5.41, 5.74) is 0.746. The Morgan fingerprint density at radius 3 is 2.15 bits per heavy atom. The first-order chi connectivity index (χ1) is 16.1. The Morgan fingerprint density at radius 1 is 0.818 bits per heavy atom. The quantitative estimate of drug-likeness (QED) is 0.549. The molecule has 2 fully saturated rings. The van der Waals surface area contributed by atoms with E-state index in [0.29, 0.717) is 13.1 Å². The summed E-state index contributed by atoms with van der Waals surface area (Å²) in [4.78, 5) is 34.3. The summed E-state index contributed by atoms with van der Waals surface area (Å²) in [5.74, 6) is -0.177. The summed E-state index contributed by atoms with van der Waals surface area (Å²) < 4.78 is 0. The zero-order chi connectivity index (χ0) is 22.7. The molecule has 1 aromatic heterocycles. The van der Waals surface area contributed by atoms with Crippen LogP contribution in [0.4, 0.5) is 4.79 Å². The maximum atomic E-state index is 13.8. The molecule has 33 heavy (non-hydrogen) atoms. The van der Waals surface area contributed by atoms with Crippen LogP contribution in [0.25, 0.3) is 0 Å². The first-order valence-corrected chi connectivity index (χ1v) is 12.2. The minimum atomic E-state index is -1.08. The van der Waals surface area contributed by atoms with Gasteiger partial charge in [-0.05, 0) is 22.6 Å². The lowest BCUT2D eigenvalue weighted by atomic mass is 9.83. The van der Waals surface area contributed by atoms with Gasteiger partial charge in [-0.2, -0.15) is 0 Å². The van der Waals surface area contributed by atoms with E-state index in [2.05, 4.69) is 32.6 Å². The van der Waals surface area contributed by atoms with Gasteiger partial charge in [0.05, 0.1) is 6.67 Å². The van der Waals surface area contributed by atoms with Crippen LogP contribution in [0.3, 0.4) is 0 Å². The summed E-state index contributed by atoms with van der Waals surface area (Å²) in [7, 11) is 0. The Balaban J connectivity index is 1.30. The third-order valence-corrected chi connectivity index (χ3v) is 7.38. The molecular formula is C26H28N4O2S. The van der Waals surface area contributed by atoms with Crippen molar-refractivity contribution in [2.24, 2.45) is 0 Å². The van der Waals surface area contributed by atoms with Crippen molar-refractivity contribution in [2.45, 2.75) is 18.5 Å². The third-order valence-electron chi connectivity index (χ3n) is 6.52. The highest BCUT2D eigenvalue weighted by Crippen LogP contribution is 2.33. The van der Waals surface area contributed by atoms with E-state index in [-0.39, 0.29) is 11.9 Å². The van der Waals surface area contributed by atoms with E-state index >= 15 is 0 Å². The molecule has 170 valence electrons. The zero-order valence-corrected chi connectivity index (χ0v) is 19.3. The second-order valence-electron chi connectivity index (χ2n) is 8.71.